The molecule has 0 radical (unpaired) electrons. The van der Waals surface area contributed by atoms with Gasteiger partial charge in [-0.2, -0.15) is 0 Å². The van der Waals surface area contributed by atoms with Crippen LogP contribution in [0.3, 0.4) is 0 Å². The molecule has 1 amide bonds. The van der Waals surface area contributed by atoms with Gasteiger partial charge in [-0.05, 0) is 50.9 Å². The van der Waals surface area contributed by atoms with Gasteiger partial charge < -0.3 is 19.4 Å². The van der Waals surface area contributed by atoms with Gasteiger partial charge >= 0.3 is 0 Å². The summed E-state index contributed by atoms with van der Waals surface area (Å²) in [5, 5.41) is 0. The van der Waals surface area contributed by atoms with E-state index in [-0.39, 0.29) is 5.91 Å². The number of morpholine rings is 1. The summed E-state index contributed by atoms with van der Waals surface area (Å²) in [7, 11) is 0. The molecule has 142 valence electrons. The fraction of sp³-hybridized carbons (Fsp3) is 0.700. The molecule has 26 heavy (non-hydrogen) atoms. The van der Waals surface area contributed by atoms with Crippen LogP contribution >= 0.6 is 0 Å². The van der Waals surface area contributed by atoms with E-state index in [2.05, 4.69) is 14.8 Å². The molecular weight excluding hydrogens is 328 g/mol. The van der Waals surface area contributed by atoms with E-state index in [1.165, 1.54) is 32.4 Å². The first-order valence-electron chi connectivity index (χ1n) is 10.1. The van der Waals surface area contributed by atoms with Gasteiger partial charge in [-0.15, -0.1) is 0 Å². The molecule has 0 atom stereocenters. The molecule has 3 aliphatic heterocycles. The maximum Gasteiger partial charge on any atom is 0.255 e. The predicted octanol–water partition coefficient (Wildman–Crippen LogP) is 2.01. The smallest absolute Gasteiger partial charge is 0.255 e. The molecule has 3 aliphatic rings. The molecule has 0 aromatic carbocycles. The minimum absolute atomic E-state index is 0.128. The monoisotopic (exact) mass is 358 g/mol. The quantitative estimate of drug-likeness (QED) is 0.827. The van der Waals surface area contributed by atoms with Crippen LogP contribution in [0.15, 0.2) is 18.3 Å². The second kappa shape index (κ2) is 8.35. The van der Waals surface area contributed by atoms with Gasteiger partial charge in [0.25, 0.3) is 5.91 Å². The van der Waals surface area contributed by atoms with Gasteiger partial charge in [-0.1, -0.05) is 6.42 Å². The second-order valence-electron chi connectivity index (χ2n) is 7.62. The molecule has 6 nitrogen and oxygen atoms in total. The van der Waals surface area contributed by atoms with Crippen molar-refractivity contribution in [1.82, 2.24) is 14.8 Å². The van der Waals surface area contributed by atoms with Crippen molar-refractivity contribution >= 4 is 11.7 Å². The average Bonchev–Trinajstić information content (AvgIpc) is 2.75. The predicted molar refractivity (Wildman–Crippen MR) is 102 cm³/mol. The molecule has 6 heteroatoms. The summed E-state index contributed by atoms with van der Waals surface area (Å²) in [6.07, 6.45) is 7.99. The lowest BCUT2D eigenvalue weighted by molar-refractivity contribution is 0.0589. The lowest BCUT2D eigenvalue weighted by atomic mass is 9.99. The van der Waals surface area contributed by atoms with Crippen LogP contribution in [-0.2, 0) is 4.74 Å². The van der Waals surface area contributed by atoms with E-state index >= 15 is 0 Å². The largest absolute Gasteiger partial charge is 0.378 e. The first-order chi connectivity index (χ1) is 12.8. The number of carbonyl (C=O) groups is 1. The van der Waals surface area contributed by atoms with Crippen molar-refractivity contribution < 1.29 is 9.53 Å². The summed E-state index contributed by atoms with van der Waals surface area (Å²) < 4.78 is 5.38. The average molecular weight is 358 g/mol. The maximum absolute atomic E-state index is 12.8. The van der Waals surface area contributed by atoms with Crippen molar-refractivity contribution in [2.24, 2.45) is 0 Å². The van der Waals surface area contributed by atoms with Crippen molar-refractivity contribution in [3.05, 3.63) is 23.9 Å². The van der Waals surface area contributed by atoms with Crippen LogP contribution in [0.25, 0.3) is 0 Å². The topological polar surface area (TPSA) is 48.9 Å². The maximum atomic E-state index is 12.8. The first-order valence-corrected chi connectivity index (χ1v) is 10.1. The number of pyridine rings is 1. The lowest BCUT2D eigenvalue weighted by Gasteiger charge is -2.40. The Kier molecular flexibility index (Phi) is 5.70. The van der Waals surface area contributed by atoms with E-state index in [1.807, 2.05) is 17.0 Å². The number of anilines is 1. The van der Waals surface area contributed by atoms with Gasteiger partial charge in [-0.3, -0.25) is 4.79 Å². The number of likely N-dealkylation sites (tertiary alicyclic amines) is 2. The van der Waals surface area contributed by atoms with Crippen molar-refractivity contribution in [1.29, 1.82) is 0 Å². The van der Waals surface area contributed by atoms with Crippen molar-refractivity contribution in [3.63, 3.8) is 0 Å². The fourth-order valence-electron chi connectivity index (χ4n) is 4.39. The van der Waals surface area contributed by atoms with E-state index in [9.17, 15) is 4.79 Å². The highest BCUT2D eigenvalue weighted by Crippen LogP contribution is 2.22. The number of piperidine rings is 2. The van der Waals surface area contributed by atoms with E-state index in [4.69, 9.17) is 4.74 Å². The summed E-state index contributed by atoms with van der Waals surface area (Å²) >= 11 is 0. The highest BCUT2D eigenvalue weighted by molar-refractivity contribution is 5.94. The molecule has 3 fully saturated rings. The Bertz CT molecular complexity index is 586. The van der Waals surface area contributed by atoms with Gasteiger partial charge in [0.05, 0.1) is 18.8 Å². The molecule has 0 aliphatic carbocycles. The molecule has 0 bridgehead atoms. The summed E-state index contributed by atoms with van der Waals surface area (Å²) in [5.41, 5.74) is 0.707. The molecule has 1 aromatic rings. The molecule has 0 N–H and O–H groups in total. The number of nitrogens with zero attached hydrogens (tertiary/aromatic N) is 4. The number of aromatic nitrogens is 1. The van der Waals surface area contributed by atoms with Crippen LogP contribution in [0, 0.1) is 0 Å². The van der Waals surface area contributed by atoms with E-state index < -0.39 is 0 Å². The Morgan fingerprint density at radius 3 is 2.35 bits per heavy atom. The number of amides is 1. The number of hydrogen-bond donors (Lipinski definition) is 0. The minimum atomic E-state index is 0.128. The van der Waals surface area contributed by atoms with Crippen molar-refractivity contribution in [2.75, 3.05) is 57.4 Å². The molecule has 0 saturated carbocycles. The van der Waals surface area contributed by atoms with Crippen LogP contribution in [0.4, 0.5) is 5.82 Å². The molecule has 3 saturated heterocycles. The Hall–Kier alpha value is -1.66. The second-order valence-corrected chi connectivity index (χ2v) is 7.62. The third-order valence-electron chi connectivity index (χ3n) is 5.99. The van der Waals surface area contributed by atoms with Crippen LogP contribution < -0.4 is 4.90 Å². The minimum Gasteiger partial charge on any atom is -0.378 e. The van der Waals surface area contributed by atoms with E-state index in [0.717, 1.165) is 58.1 Å². The fourth-order valence-corrected chi connectivity index (χ4v) is 4.39. The number of rotatable bonds is 3. The molecule has 0 spiro atoms. The highest BCUT2D eigenvalue weighted by atomic mass is 16.5. The van der Waals surface area contributed by atoms with E-state index in [1.54, 1.807) is 6.20 Å². The van der Waals surface area contributed by atoms with Crippen LogP contribution in [-0.4, -0.2) is 79.2 Å². The SMILES string of the molecule is O=C(c1ccc(N2CCOCC2)nc1)N1CCC(N2CCCCC2)CC1. The molecule has 1 aromatic heterocycles. The van der Waals surface area contributed by atoms with Gasteiger partial charge in [0.1, 0.15) is 5.82 Å². The highest BCUT2D eigenvalue weighted by Gasteiger charge is 2.28. The zero-order valence-corrected chi connectivity index (χ0v) is 15.6. The van der Waals surface area contributed by atoms with Gasteiger partial charge in [-0.25, -0.2) is 4.98 Å². The lowest BCUT2D eigenvalue weighted by Crippen LogP contribution is -2.48. The summed E-state index contributed by atoms with van der Waals surface area (Å²) in [4.78, 5) is 24.2. The Morgan fingerprint density at radius 2 is 1.69 bits per heavy atom. The number of carbonyl (C=O) groups excluding carboxylic acids is 1. The molecule has 4 rings (SSSR count). The normalized spacial score (nSPS) is 23.2. The molecule has 4 heterocycles. The Morgan fingerprint density at radius 1 is 0.962 bits per heavy atom. The summed E-state index contributed by atoms with van der Waals surface area (Å²) in [5.74, 6) is 1.07. The molecular formula is C20H30N4O2. The molecule has 0 unspecified atom stereocenters. The third kappa shape index (κ3) is 4.01. The van der Waals surface area contributed by atoms with E-state index in [0.29, 0.717) is 11.6 Å². The van der Waals surface area contributed by atoms with Gasteiger partial charge in [0, 0.05) is 38.4 Å². The third-order valence-corrected chi connectivity index (χ3v) is 5.99. The van der Waals surface area contributed by atoms with Crippen LogP contribution in [0.5, 0.6) is 0 Å². The summed E-state index contributed by atoms with van der Waals surface area (Å²) in [6.45, 7) is 7.44. The zero-order valence-electron chi connectivity index (χ0n) is 15.6. The first kappa shape index (κ1) is 17.7. The summed E-state index contributed by atoms with van der Waals surface area (Å²) in [6, 6.07) is 4.57. The zero-order chi connectivity index (χ0) is 17.8. The van der Waals surface area contributed by atoms with Gasteiger partial charge in [0.2, 0.25) is 0 Å². The standard InChI is InChI=1S/C20H30N4O2/c25-20(17-4-5-19(21-16-17)23-12-14-26-15-13-23)24-10-6-18(7-11-24)22-8-2-1-3-9-22/h4-5,16,18H,1-3,6-15H2. The number of ether oxygens (including phenoxy) is 1. The number of hydrogen-bond acceptors (Lipinski definition) is 5. The Balaban J connectivity index is 1.31. The van der Waals surface area contributed by atoms with Crippen molar-refractivity contribution in [3.8, 4) is 0 Å². The van der Waals surface area contributed by atoms with Crippen LogP contribution in [0.1, 0.15) is 42.5 Å². The van der Waals surface area contributed by atoms with Gasteiger partial charge in [0.15, 0.2) is 0 Å². The van der Waals surface area contributed by atoms with Crippen LogP contribution in [0.2, 0.25) is 0 Å². The Labute approximate surface area is 156 Å². The van der Waals surface area contributed by atoms with Crippen molar-refractivity contribution in [2.45, 2.75) is 38.1 Å².